The quantitative estimate of drug-likeness (QED) is 0.660. The van der Waals surface area contributed by atoms with Crippen LogP contribution in [0.2, 0.25) is 0 Å². The summed E-state index contributed by atoms with van der Waals surface area (Å²) in [4.78, 5) is 16.8. The summed E-state index contributed by atoms with van der Waals surface area (Å²) in [5.74, 6) is -0.629. The molecule has 0 saturated heterocycles. The highest BCUT2D eigenvalue weighted by Crippen LogP contribution is 2.29. The van der Waals surface area contributed by atoms with Gasteiger partial charge in [-0.05, 0) is 17.8 Å². The number of nitro groups is 1. The third-order valence-corrected chi connectivity index (χ3v) is 2.77. The molecule has 1 aromatic heterocycles. The maximum absolute atomic E-state index is 13.4. The van der Waals surface area contributed by atoms with Crippen molar-refractivity contribution < 1.29 is 9.31 Å². The molecule has 0 saturated carbocycles. The summed E-state index contributed by atoms with van der Waals surface area (Å²) in [6, 6.07) is 3.51. The predicted molar refractivity (Wildman–Crippen MR) is 55.8 cm³/mol. The van der Waals surface area contributed by atoms with Crippen LogP contribution in [0.3, 0.4) is 0 Å². The summed E-state index contributed by atoms with van der Waals surface area (Å²) in [6.45, 7) is 0. The molecule has 7 heteroatoms. The Hall–Kier alpha value is -1.89. The Morgan fingerprint density at radius 1 is 1.50 bits per heavy atom. The second-order valence-corrected chi connectivity index (χ2v) is 3.90. The van der Waals surface area contributed by atoms with Gasteiger partial charge in [-0.2, -0.15) is 0 Å². The number of benzene rings is 1. The number of imidazole rings is 1. The number of non-ortho nitro benzene ring substituents is 1. The Kier molecular flexibility index (Phi) is 2.86. The van der Waals surface area contributed by atoms with E-state index in [0.717, 1.165) is 17.8 Å². The summed E-state index contributed by atoms with van der Waals surface area (Å²) in [5.41, 5.74) is -0.263. The molecule has 0 aliphatic carbocycles. The maximum Gasteiger partial charge on any atom is 0.272 e. The van der Waals surface area contributed by atoms with E-state index in [2.05, 4.69) is 9.97 Å². The van der Waals surface area contributed by atoms with Crippen molar-refractivity contribution >= 4 is 17.4 Å². The smallest absolute Gasteiger partial charge is 0.272 e. The van der Waals surface area contributed by atoms with Gasteiger partial charge in [-0.1, -0.05) is 0 Å². The number of hydrogen-bond acceptors (Lipinski definition) is 4. The van der Waals surface area contributed by atoms with Crippen molar-refractivity contribution in [2.75, 3.05) is 0 Å². The number of hydrogen-bond donors (Lipinski definition) is 1. The number of rotatable bonds is 3. The summed E-state index contributed by atoms with van der Waals surface area (Å²) in [7, 11) is 0. The van der Waals surface area contributed by atoms with Gasteiger partial charge in [-0.25, -0.2) is 9.37 Å². The summed E-state index contributed by atoms with van der Waals surface area (Å²) < 4.78 is 13.4. The first-order valence-electron chi connectivity index (χ1n) is 4.28. The van der Waals surface area contributed by atoms with E-state index < -0.39 is 10.7 Å². The molecule has 16 heavy (non-hydrogen) atoms. The Morgan fingerprint density at radius 2 is 2.31 bits per heavy atom. The van der Waals surface area contributed by atoms with Gasteiger partial charge in [0.2, 0.25) is 0 Å². The molecule has 1 N–H and O–H groups in total. The third-order valence-electron chi connectivity index (χ3n) is 1.81. The largest absolute Gasteiger partial charge is 0.339 e. The molecule has 2 aromatic rings. The van der Waals surface area contributed by atoms with E-state index in [1.165, 1.54) is 12.1 Å². The van der Waals surface area contributed by atoms with Gasteiger partial charge in [-0.15, -0.1) is 0 Å². The first kappa shape index (κ1) is 10.6. The van der Waals surface area contributed by atoms with E-state index >= 15 is 0 Å². The molecule has 0 radical (unpaired) electrons. The second-order valence-electron chi connectivity index (χ2n) is 2.87. The summed E-state index contributed by atoms with van der Waals surface area (Å²) >= 11 is 1.08. The zero-order chi connectivity index (χ0) is 11.5. The van der Waals surface area contributed by atoms with Crippen LogP contribution in [0.1, 0.15) is 0 Å². The lowest BCUT2D eigenvalue weighted by atomic mass is 10.3. The zero-order valence-corrected chi connectivity index (χ0v) is 8.70. The van der Waals surface area contributed by atoms with E-state index in [4.69, 9.17) is 0 Å². The number of nitrogens with one attached hydrogen (secondary N) is 1. The molecule has 0 spiro atoms. The molecule has 1 heterocycles. The van der Waals surface area contributed by atoms with Crippen molar-refractivity contribution in [2.45, 2.75) is 10.1 Å². The molecule has 2 rings (SSSR count). The van der Waals surface area contributed by atoms with E-state index in [1.807, 2.05) is 0 Å². The average Bonchev–Trinajstić information content (AvgIpc) is 2.73. The highest BCUT2D eigenvalue weighted by molar-refractivity contribution is 7.99. The van der Waals surface area contributed by atoms with Crippen molar-refractivity contribution in [1.29, 1.82) is 0 Å². The summed E-state index contributed by atoms with van der Waals surface area (Å²) in [5, 5.41) is 10.9. The standard InChI is InChI=1S/C9H6FN3O2S/c10-7-5-6(13(14)15)1-2-8(7)16-9-11-3-4-12-9/h1-5H,(H,11,12). The highest BCUT2D eigenvalue weighted by atomic mass is 32.2. The molecule has 1 aromatic carbocycles. The molecule has 5 nitrogen and oxygen atoms in total. The molecule has 0 aliphatic rings. The zero-order valence-electron chi connectivity index (χ0n) is 7.88. The van der Waals surface area contributed by atoms with E-state index in [1.54, 1.807) is 12.4 Å². The van der Waals surface area contributed by atoms with Crippen molar-refractivity contribution in [1.82, 2.24) is 9.97 Å². The molecular formula is C9H6FN3O2S. The van der Waals surface area contributed by atoms with Gasteiger partial charge in [-0.3, -0.25) is 10.1 Å². The van der Waals surface area contributed by atoms with Crippen molar-refractivity contribution in [3.63, 3.8) is 0 Å². The summed E-state index contributed by atoms with van der Waals surface area (Å²) in [6.07, 6.45) is 3.16. The highest BCUT2D eigenvalue weighted by Gasteiger charge is 2.12. The van der Waals surface area contributed by atoms with Gasteiger partial charge >= 0.3 is 0 Å². The molecule has 0 atom stereocenters. The lowest BCUT2D eigenvalue weighted by molar-refractivity contribution is -0.385. The number of halogens is 1. The monoisotopic (exact) mass is 239 g/mol. The Morgan fingerprint density at radius 3 is 2.88 bits per heavy atom. The lowest BCUT2D eigenvalue weighted by Crippen LogP contribution is -1.90. The van der Waals surface area contributed by atoms with Gasteiger partial charge in [0.1, 0.15) is 5.82 Å². The minimum Gasteiger partial charge on any atom is -0.339 e. The normalized spacial score (nSPS) is 10.3. The van der Waals surface area contributed by atoms with Gasteiger partial charge < -0.3 is 4.98 Å². The van der Waals surface area contributed by atoms with Crippen LogP contribution >= 0.6 is 11.8 Å². The molecule has 0 amide bonds. The Balaban J connectivity index is 2.26. The van der Waals surface area contributed by atoms with Crippen LogP contribution in [-0.2, 0) is 0 Å². The van der Waals surface area contributed by atoms with Crippen LogP contribution in [0.25, 0.3) is 0 Å². The number of nitro benzene ring substituents is 1. The molecule has 0 aliphatic heterocycles. The topological polar surface area (TPSA) is 71.8 Å². The van der Waals surface area contributed by atoms with Crippen LogP contribution in [0, 0.1) is 15.9 Å². The SMILES string of the molecule is O=[N+]([O-])c1ccc(Sc2ncc[nH]2)c(F)c1. The van der Waals surface area contributed by atoms with Crippen molar-refractivity contribution in [3.05, 3.63) is 46.5 Å². The van der Waals surface area contributed by atoms with Crippen LogP contribution in [0.15, 0.2) is 40.6 Å². The Labute approximate surface area is 93.9 Å². The number of aromatic amines is 1. The molecule has 0 bridgehead atoms. The van der Waals surface area contributed by atoms with E-state index in [0.29, 0.717) is 10.1 Å². The Bertz CT molecular complexity index is 515. The average molecular weight is 239 g/mol. The molecule has 82 valence electrons. The maximum atomic E-state index is 13.4. The first-order valence-corrected chi connectivity index (χ1v) is 5.09. The van der Waals surface area contributed by atoms with Crippen molar-refractivity contribution in [2.24, 2.45) is 0 Å². The number of nitrogens with zero attached hydrogens (tertiary/aromatic N) is 2. The minimum atomic E-state index is -0.635. The molecule has 0 fully saturated rings. The second kappa shape index (κ2) is 4.31. The fraction of sp³-hybridized carbons (Fsp3) is 0. The number of aromatic nitrogens is 2. The van der Waals surface area contributed by atoms with E-state index in [-0.39, 0.29) is 5.69 Å². The third kappa shape index (κ3) is 2.19. The van der Waals surface area contributed by atoms with E-state index in [9.17, 15) is 14.5 Å². The van der Waals surface area contributed by atoms with Crippen LogP contribution < -0.4 is 0 Å². The van der Waals surface area contributed by atoms with Crippen LogP contribution in [0.5, 0.6) is 0 Å². The fourth-order valence-corrected chi connectivity index (χ4v) is 1.84. The number of H-pyrrole nitrogens is 1. The van der Waals surface area contributed by atoms with Gasteiger partial charge in [0, 0.05) is 18.5 Å². The fourth-order valence-electron chi connectivity index (χ4n) is 1.10. The minimum absolute atomic E-state index is 0.263. The van der Waals surface area contributed by atoms with Crippen LogP contribution in [0.4, 0.5) is 10.1 Å². The first-order chi connectivity index (χ1) is 7.66. The molecule has 0 unspecified atom stereocenters. The lowest BCUT2D eigenvalue weighted by Gasteiger charge is -1.99. The predicted octanol–water partition coefficient (Wildman–Crippen LogP) is 2.61. The van der Waals surface area contributed by atoms with Gasteiger partial charge in [0.05, 0.1) is 15.9 Å². The molecular weight excluding hydrogens is 233 g/mol. The van der Waals surface area contributed by atoms with Crippen molar-refractivity contribution in [3.8, 4) is 0 Å². The van der Waals surface area contributed by atoms with Gasteiger partial charge in [0.15, 0.2) is 5.16 Å². The van der Waals surface area contributed by atoms with Gasteiger partial charge in [0.25, 0.3) is 5.69 Å². The van der Waals surface area contributed by atoms with Crippen LogP contribution in [-0.4, -0.2) is 14.9 Å².